The molecular weight excluding hydrogens is 228 g/mol. The number of nitriles is 1. The molecule has 18 heavy (non-hydrogen) atoms. The number of carbonyl (C=O) groups is 1. The summed E-state index contributed by atoms with van der Waals surface area (Å²) in [5, 5.41) is 10.0. The number of H-pyrrole nitrogens is 1. The van der Waals surface area contributed by atoms with Crippen molar-refractivity contribution in [1.29, 1.82) is 5.26 Å². The van der Waals surface area contributed by atoms with Gasteiger partial charge in [-0.3, -0.25) is 0 Å². The van der Waals surface area contributed by atoms with E-state index in [0.29, 0.717) is 0 Å². The molecule has 1 N–H and O–H groups in total. The molecule has 0 unspecified atom stereocenters. The second-order valence-corrected chi connectivity index (χ2v) is 3.68. The Balaban J connectivity index is 2.45. The van der Waals surface area contributed by atoms with Crippen molar-refractivity contribution < 1.29 is 9.53 Å². The van der Waals surface area contributed by atoms with Crippen LogP contribution in [-0.4, -0.2) is 17.6 Å². The van der Waals surface area contributed by atoms with E-state index in [1.165, 1.54) is 6.08 Å². The second kappa shape index (κ2) is 5.19. The molecule has 0 fully saturated rings. The fourth-order valence-corrected chi connectivity index (χ4v) is 1.73. The molecule has 0 spiro atoms. The number of aromatic nitrogens is 1. The number of hydrogen-bond acceptors (Lipinski definition) is 3. The molecule has 1 heterocycles. The minimum atomic E-state index is -0.594. The molecule has 4 heteroatoms. The molecule has 0 aliphatic carbocycles. The molecule has 0 amide bonds. The van der Waals surface area contributed by atoms with E-state index in [-0.39, 0.29) is 12.2 Å². The smallest absolute Gasteiger partial charge is 0.348 e. The molecule has 0 aliphatic rings. The molecule has 0 saturated heterocycles. The van der Waals surface area contributed by atoms with Gasteiger partial charge >= 0.3 is 5.97 Å². The van der Waals surface area contributed by atoms with Gasteiger partial charge in [0.05, 0.1) is 12.1 Å². The van der Waals surface area contributed by atoms with Gasteiger partial charge in [-0.1, -0.05) is 18.2 Å². The SMILES string of the molecule is CCOC(=O)/C(C#N)=C\c1cccc2cc[nH]c12. The summed E-state index contributed by atoms with van der Waals surface area (Å²) in [6, 6.07) is 9.48. The van der Waals surface area contributed by atoms with Gasteiger partial charge in [-0.25, -0.2) is 4.79 Å². The predicted octanol–water partition coefficient (Wildman–Crippen LogP) is 2.64. The lowest BCUT2D eigenvalue weighted by Gasteiger charge is -2.01. The lowest BCUT2D eigenvalue weighted by Crippen LogP contribution is -2.06. The van der Waals surface area contributed by atoms with Gasteiger partial charge in [-0.05, 0) is 24.5 Å². The summed E-state index contributed by atoms with van der Waals surface area (Å²) < 4.78 is 4.82. The van der Waals surface area contributed by atoms with Crippen molar-refractivity contribution in [3.05, 3.63) is 41.6 Å². The Morgan fingerprint density at radius 1 is 1.50 bits per heavy atom. The first kappa shape index (κ1) is 11.9. The van der Waals surface area contributed by atoms with Crippen molar-refractivity contribution in [1.82, 2.24) is 4.98 Å². The van der Waals surface area contributed by atoms with Crippen LogP contribution in [0, 0.1) is 11.3 Å². The van der Waals surface area contributed by atoms with Crippen LogP contribution in [0.5, 0.6) is 0 Å². The van der Waals surface area contributed by atoms with E-state index in [9.17, 15) is 4.79 Å². The minimum absolute atomic E-state index is 0.000972. The average molecular weight is 240 g/mol. The van der Waals surface area contributed by atoms with Crippen molar-refractivity contribution in [2.45, 2.75) is 6.92 Å². The summed E-state index contributed by atoms with van der Waals surface area (Å²) in [6.07, 6.45) is 3.36. The number of fused-ring (bicyclic) bond motifs is 1. The van der Waals surface area contributed by atoms with Crippen molar-refractivity contribution in [3.63, 3.8) is 0 Å². The van der Waals surface area contributed by atoms with Gasteiger partial charge in [0, 0.05) is 11.8 Å². The van der Waals surface area contributed by atoms with E-state index >= 15 is 0 Å². The standard InChI is InChI=1S/C14H12N2O2/c1-2-18-14(17)12(9-15)8-11-5-3-4-10-6-7-16-13(10)11/h3-8,16H,2H2,1H3/b12-8-. The third-order valence-electron chi connectivity index (χ3n) is 2.54. The Morgan fingerprint density at radius 3 is 3.06 bits per heavy atom. The number of aromatic amines is 1. The zero-order chi connectivity index (χ0) is 13.0. The molecule has 2 aromatic rings. The van der Waals surface area contributed by atoms with Crippen LogP contribution >= 0.6 is 0 Å². The second-order valence-electron chi connectivity index (χ2n) is 3.68. The number of para-hydroxylation sites is 1. The van der Waals surface area contributed by atoms with Crippen molar-refractivity contribution in [2.75, 3.05) is 6.61 Å². The summed E-state index contributed by atoms with van der Waals surface area (Å²) in [6.45, 7) is 1.96. The van der Waals surface area contributed by atoms with Gasteiger partial charge in [0.2, 0.25) is 0 Å². The molecule has 0 saturated carbocycles. The van der Waals surface area contributed by atoms with Crippen LogP contribution < -0.4 is 0 Å². The highest BCUT2D eigenvalue weighted by atomic mass is 16.5. The maximum atomic E-state index is 11.5. The summed E-state index contributed by atoms with van der Waals surface area (Å²) in [7, 11) is 0. The zero-order valence-electron chi connectivity index (χ0n) is 9.93. The van der Waals surface area contributed by atoms with E-state index in [4.69, 9.17) is 10.00 Å². The molecule has 4 nitrogen and oxygen atoms in total. The van der Waals surface area contributed by atoms with E-state index in [1.807, 2.05) is 36.5 Å². The molecule has 0 bridgehead atoms. The maximum Gasteiger partial charge on any atom is 0.348 e. The number of esters is 1. The Kier molecular flexibility index (Phi) is 3.44. The third kappa shape index (κ3) is 2.25. The van der Waals surface area contributed by atoms with Gasteiger partial charge in [0.25, 0.3) is 0 Å². The fourth-order valence-electron chi connectivity index (χ4n) is 1.73. The van der Waals surface area contributed by atoms with Crippen LogP contribution in [0.4, 0.5) is 0 Å². The van der Waals surface area contributed by atoms with Crippen molar-refractivity contribution >= 4 is 22.9 Å². The van der Waals surface area contributed by atoms with E-state index < -0.39 is 5.97 Å². The third-order valence-corrected chi connectivity index (χ3v) is 2.54. The first-order valence-corrected chi connectivity index (χ1v) is 5.61. The van der Waals surface area contributed by atoms with E-state index in [1.54, 1.807) is 6.92 Å². The number of hydrogen-bond donors (Lipinski definition) is 1. The van der Waals surface area contributed by atoms with Gasteiger partial charge in [0.15, 0.2) is 0 Å². The lowest BCUT2D eigenvalue weighted by molar-refractivity contribution is -0.137. The molecular formula is C14H12N2O2. The number of benzene rings is 1. The van der Waals surface area contributed by atoms with Gasteiger partial charge in [-0.15, -0.1) is 0 Å². The van der Waals surface area contributed by atoms with Crippen LogP contribution in [0.15, 0.2) is 36.0 Å². The highest BCUT2D eigenvalue weighted by Gasteiger charge is 2.10. The fraction of sp³-hybridized carbons (Fsp3) is 0.143. The number of nitrogens with zero attached hydrogens (tertiary/aromatic N) is 1. The molecule has 1 aromatic carbocycles. The Bertz CT molecular complexity index is 647. The summed E-state index contributed by atoms with van der Waals surface area (Å²) >= 11 is 0. The molecule has 1 aromatic heterocycles. The minimum Gasteiger partial charge on any atom is -0.462 e. The first-order valence-electron chi connectivity index (χ1n) is 5.61. The summed E-state index contributed by atoms with van der Waals surface area (Å²) in [5.74, 6) is -0.594. The summed E-state index contributed by atoms with van der Waals surface area (Å²) in [5.41, 5.74) is 1.69. The van der Waals surface area contributed by atoms with Crippen molar-refractivity contribution in [3.8, 4) is 6.07 Å². The summed E-state index contributed by atoms with van der Waals surface area (Å²) in [4.78, 5) is 14.6. The monoisotopic (exact) mass is 240 g/mol. The number of ether oxygens (including phenoxy) is 1. The van der Waals surface area contributed by atoms with Gasteiger partial charge in [-0.2, -0.15) is 5.26 Å². The highest BCUT2D eigenvalue weighted by Crippen LogP contribution is 2.19. The quantitative estimate of drug-likeness (QED) is 0.509. The van der Waals surface area contributed by atoms with Crippen LogP contribution in [0.2, 0.25) is 0 Å². The number of rotatable bonds is 3. The topological polar surface area (TPSA) is 65.9 Å². The Morgan fingerprint density at radius 2 is 2.33 bits per heavy atom. The van der Waals surface area contributed by atoms with E-state index in [2.05, 4.69) is 4.98 Å². The Hall–Kier alpha value is -2.54. The molecule has 90 valence electrons. The predicted molar refractivity (Wildman–Crippen MR) is 68.5 cm³/mol. The molecule has 2 rings (SSSR count). The number of nitrogens with one attached hydrogen (secondary N) is 1. The van der Waals surface area contributed by atoms with Crippen LogP contribution in [0.25, 0.3) is 17.0 Å². The molecule has 0 aliphatic heterocycles. The molecule has 0 atom stereocenters. The van der Waals surface area contributed by atoms with Gasteiger partial charge < -0.3 is 9.72 Å². The maximum absolute atomic E-state index is 11.5. The van der Waals surface area contributed by atoms with Crippen LogP contribution in [-0.2, 0) is 9.53 Å². The largest absolute Gasteiger partial charge is 0.462 e. The number of carbonyl (C=O) groups excluding carboxylic acids is 1. The first-order chi connectivity index (χ1) is 8.76. The highest BCUT2D eigenvalue weighted by molar-refractivity contribution is 6.00. The Labute approximate surface area is 104 Å². The van der Waals surface area contributed by atoms with E-state index in [0.717, 1.165) is 16.5 Å². The van der Waals surface area contributed by atoms with Crippen molar-refractivity contribution in [2.24, 2.45) is 0 Å². The van der Waals surface area contributed by atoms with Crippen LogP contribution in [0.1, 0.15) is 12.5 Å². The normalized spacial score (nSPS) is 11.2. The lowest BCUT2D eigenvalue weighted by atomic mass is 10.1. The molecule has 0 radical (unpaired) electrons. The zero-order valence-corrected chi connectivity index (χ0v) is 9.93. The average Bonchev–Trinajstić information content (AvgIpc) is 2.85. The van der Waals surface area contributed by atoms with Gasteiger partial charge in [0.1, 0.15) is 11.6 Å². The van der Waals surface area contributed by atoms with Crippen LogP contribution in [0.3, 0.4) is 0 Å².